The molecule has 0 spiro atoms. The average molecular weight is 415 g/mol. The van der Waals surface area contributed by atoms with Crippen molar-refractivity contribution in [3.63, 3.8) is 0 Å². The lowest BCUT2D eigenvalue weighted by Crippen LogP contribution is -2.13. The largest absolute Gasteiger partial charge is 0.282 e. The second-order valence-electron chi connectivity index (χ2n) is 6.99. The molecule has 3 aromatic rings. The highest BCUT2D eigenvalue weighted by atomic mass is 32.2. The van der Waals surface area contributed by atoms with Crippen LogP contribution in [0.3, 0.4) is 0 Å². The molecule has 0 N–H and O–H groups in total. The van der Waals surface area contributed by atoms with Crippen LogP contribution in [-0.2, 0) is 6.42 Å². The molecule has 0 fully saturated rings. The van der Waals surface area contributed by atoms with Gasteiger partial charge in [0.05, 0.1) is 0 Å². The van der Waals surface area contributed by atoms with Gasteiger partial charge in [0.15, 0.2) is 0 Å². The lowest BCUT2D eigenvalue weighted by molar-refractivity contribution is 0.108. The Hall–Kier alpha value is -2.41. The van der Waals surface area contributed by atoms with E-state index < -0.39 is 7.92 Å². The molecule has 3 heteroatoms. The average Bonchev–Trinajstić information content (AvgIpc) is 3.29. The molecule has 0 radical (unpaired) electrons. The Labute approximate surface area is 178 Å². The zero-order valence-corrected chi connectivity index (χ0v) is 17.9. The van der Waals surface area contributed by atoms with Crippen LogP contribution in [0.1, 0.15) is 15.9 Å². The summed E-state index contributed by atoms with van der Waals surface area (Å²) in [4.78, 5) is 12.8. The fourth-order valence-corrected chi connectivity index (χ4v) is 7.23. The van der Waals surface area contributed by atoms with Crippen molar-refractivity contribution in [2.45, 2.75) is 6.42 Å². The van der Waals surface area contributed by atoms with E-state index in [1.54, 1.807) is 0 Å². The van der Waals surface area contributed by atoms with Crippen molar-refractivity contribution in [1.82, 2.24) is 0 Å². The Kier molecular flexibility index (Phi) is 6.77. The first-order valence-corrected chi connectivity index (χ1v) is 12.3. The molecule has 1 aliphatic carbocycles. The minimum Gasteiger partial charge on any atom is -0.282 e. The van der Waals surface area contributed by atoms with Crippen LogP contribution in [0, 0.1) is 5.92 Å². The van der Waals surface area contributed by atoms with Gasteiger partial charge in [0.2, 0.25) is 5.12 Å². The predicted octanol–water partition coefficient (Wildman–Crippen LogP) is 5.94. The van der Waals surface area contributed by atoms with Gasteiger partial charge in [0.1, 0.15) is 0 Å². The van der Waals surface area contributed by atoms with Gasteiger partial charge in [-0.15, -0.1) is 0 Å². The van der Waals surface area contributed by atoms with E-state index in [4.69, 9.17) is 0 Å². The zero-order valence-electron chi connectivity index (χ0n) is 16.1. The molecular weight excluding hydrogens is 391 g/mol. The van der Waals surface area contributed by atoms with Crippen molar-refractivity contribution in [2.24, 2.45) is 5.92 Å². The van der Waals surface area contributed by atoms with Gasteiger partial charge in [-0.3, -0.25) is 4.79 Å². The van der Waals surface area contributed by atoms with Crippen molar-refractivity contribution >= 4 is 35.4 Å². The van der Waals surface area contributed by atoms with Crippen molar-refractivity contribution in [3.8, 4) is 0 Å². The van der Waals surface area contributed by atoms with Crippen LogP contribution >= 0.6 is 19.7 Å². The van der Waals surface area contributed by atoms with E-state index in [0.29, 0.717) is 5.92 Å². The molecule has 1 aliphatic rings. The summed E-state index contributed by atoms with van der Waals surface area (Å²) in [6.45, 7) is 0. The van der Waals surface area contributed by atoms with Gasteiger partial charge in [-0.05, 0) is 36.4 Å². The summed E-state index contributed by atoms with van der Waals surface area (Å²) >= 11 is 1.43. The first-order chi connectivity index (χ1) is 14.3. The summed E-state index contributed by atoms with van der Waals surface area (Å²) in [5.74, 6) is 0.478. The predicted molar refractivity (Wildman–Crippen MR) is 128 cm³/mol. The van der Waals surface area contributed by atoms with Gasteiger partial charge in [-0.25, -0.2) is 0 Å². The first kappa shape index (κ1) is 19.9. The molecule has 0 saturated carbocycles. The Balaban J connectivity index is 1.42. The molecule has 1 nitrogen and oxygen atoms in total. The molecule has 0 saturated heterocycles. The van der Waals surface area contributed by atoms with E-state index in [0.717, 1.165) is 17.5 Å². The highest BCUT2D eigenvalue weighted by molar-refractivity contribution is 8.18. The quantitative estimate of drug-likeness (QED) is 0.446. The van der Waals surface area contributed by atoms with Crippen LogP contribution in [0.25, 0.3) is 0 Å². The zero-order chi connectivity index (χ0) is 19.9. The van der Waals surface area contributed by atoms with Gasteiger partial charge in [-0.2, -0.15) is 0 Å². The molecule has 144 valence electrons. The Bertz CT molecular complexity index is 942. The number of allylic oxidation sites excluding steroid dienone is 4. The van der Waals surface area contributed by atoms with Crippen molar-refractivity contribution in [3.05, 3.63) is 120 Å². The topological polar surface area (TPSA) is 17.1 Å². The van der Waals surface area contributed by atoms with Gasteiger partial charge >= 0.3 is 0 Å². The van der Waals surface area contributed by atoms with Gasteiger partial charge in [0, 0.05) is 11.1 Å². The summed E-state index contributed by atoms with van der Waals surface area (Å²) in [5, 5.41) is 2.76. The SMILES string of the molecule is O=C(SCP(c1ccccc1)c1ccccc1)c1ccc(CC2C=CC=C2)cc1. The Morgan fingerprint density at radius 3 is 1.86 bits per heavy atom. The molecule has 0 atom stereocenters. The van der Waals surface area contributed by atoms with Gasteiger partial charge in [0.25, 0.3) is 0 Å². The van der Waals surface area contributed by atoms with Crippen LogP contribution in [0.5, 0.6) is 0 Å². The van der Waals surface area contributed by atoms with Crippen molar-refractivity contribution < 1.29 is 4.79 Å². The number of hydrogen-bond donors (Lipinski definition) is 0. The van der Waals surface area contributed by atoms with Crippen LogP contribution in [0.2, 0.25) is 0 Å². The smallest absolute Gasteiger partial charge is 0.219 e. The Morgan fingerprint density at radius 1 is 0.759 bits per heavy atom. The van der Waals surface area contributed by atoms with E-state index in [2.05, 4.69) is 85.0 Å². The number of benzene rings is 3. The number of hydrogen-bond acceptors (Lipinski definition) is 2. The second-order valence-corrected chi connectivity index (χ2v) is 10.6. The van der Waals surface area contributed by atoms with E-state index in [1.807, 2.05) is 24.3 Å². The third kappa shape index (κ3) is 5.35. The lowest BCUT2D eigenvalue weighted by atomic mass is 10.00. The van der Waals surface area contributed by atoms with Gasteiger partial charge in [-0.1, -0.05) is 121 Å². The van der Waals surface area contributed by atoms with Crippen molar-refractivity contribution in [2.75, 3.05) is 5.49 Å². The van der Waals surface area contributed by atoms with E-state index in [9.17, 15) is 4.79 Å². The fraction of sp³-hybridized carbons (Fsp3) is 0.115. The molecule has 29 heavy (non-hydrogen) atoms. The fourth-order valence-electron chi connectivity index (χ4n) is 3.38. The van der Waals surface area contributed by atoms with E-state index in [1.165, 1.54) is 27.9 Å². The normalized spacial score (nSPS) is 13.3. The van der Waals surface area contributed by atoms with Gasteiger partial charge < -0.3 is 0 Å². The van der Waals surface area contributed by atoms with Crippen LogP contribution < -0.4 is 10.6 Å². The monoisotopic (exact) mass is 414 g/mol. The maximum atomic E-state index is 12.8. The molecular formula is C26H23OPS. The lowest BCUT2D eigenvalue weighted by Gasteiger charge is -2.18. The number of carbonyl (C=O) groups excluding carboxylic acids is 1. The second kappa shape index (κ2) is 9.87. The van der Waals surface area contributed by atoms with E-state index in [-0.39, 0.29) is 5.12 Å². The van der Waals surface area contributed by atoms with E-state index >= 15 is 0 Å². The highest BCUT2D eigenvalue weighted by Gasteiger charge is 2.17. The maximum Gasteiger partial charge on any atom is 0.219 e. The van der Waals surface area contributed by atoms with Crippen LogP contribution in [0.15, 0.2) is 109 Å². The number of thioether (sulfide) groups is 1. The third-order valence-electron chi connectivity index (χ3n) is 4.95. The number of rotatable bonds is 7. The summed E-state index contributed by atoms with van der Waals surface area (Å²) < 4.78 is 0. The summed E-state index contributed by atoms with van der Waals surface area (Å²) in [5.41, 5.74) is 2.85. The molecule has 0 bridgehead atoms. The molecule has 0 aromatic heterocycles. The molecule has 4 rings (SSSR count). The first-order valence-electron chi connectivity index (χ1n) is 9.78. The van der Waals surface area contributed by atoms with Crippen molar-refractivity contribution in [1.29, 1.82) is 0 Å². The minimum absolute atomic E-state index is 0.150. The molecule has 0 aliphatic heterocycles. The summed E-state index contributed by atoms with van der Waals surface area (Å²) in [7, 11) is -0.562. The Morgan fingerprint density at radius 2 is 1.31 bits per heavy atom. The van der Waals surface area contributed by atoms with Crippen LogP contribution in [0.4, 0.5) is 0 Å². The highest BCUT2D eigenvalue weighted by Crippen LogP contribution is 2.38. The molecule has 0 unspecified atom stereocenters. The molecule has 0 amide bonds. The molecule has 0 heterocycles. The van der Waals surface area contributed by atoms with Crippen LogP contribution in [-0.4, -0.2) is 10.6 Å². The summed E-state index contributed by atoms with van der Waals surface area (Å²) in [6.07, 6.45) is 9.60. The minimum atomic E-state index is -0.562. The standard InChI is InChI=1S/C26H23OPS/c27-26(23-17-15-22(16-18-23)19-21-9-7-8-10-21)29-20-28(24-11-3-1-4-12-24)25-13-5-2-6-14-25/h1-18,21H,19-20H2. The maximum absolute atomic E-state index is 12.8. The summed E-state index contributed by atoms with van der Waals surface area (Å²) in [6, 6.07) is 29.2. The molecule has 3 aromatic carbocycles. The number of carbonyl (C=O) groups is 1. The third-order valence-corrected chi connectivity index (χ3v) is 8.84.